The lowest BCUT2D eigenvalue weighted by atomic mass is 9.93. The molecule has 2 N–H and O–H groups in total. The Morgan fingerprint density at radius 1 is 1.32 bits per heavy atom. The molecule has 0 bridgehead atoms. The number of guanidine groups is 1. The highest BCUT2D eigenvalue weighted by atomic mass is 32.1. The van der Waals surface area contributed by atoms with E-state index in [1.54, 1.807) is 11.3 Å². The molecule has 160 valence electrons. The number of halogens is 3. The van der Waals surface area contributed by atoms with Crippen LogP contribution in [0.4, 0.5) is 13.2 Å². The van der Waals surface area contributed by atoms with Gasteiger partial charge in [-0.1, -0.05) is 13.8 Å². The molecule has 1 aliphatic heterocycles. The van der Waals surface area contributed by atoms with Gasteiger partial charge in [0, 0.05) is 18.5 Å². The van der Waals surface area contributed by atoms with Crippen molar-refractivity contribution in [3.63, 3.8) is 0 Å². The van der Waals surface area contributed by atoms with Crippen molar-refractivity contribution < 1.29 is 13.2 Å². The molecule has 0 saturated carbocycles. The van der Waals surface area contributed by atoms with E-state index in [9.17, 15) is 13.2 Å². The molecule has 28 heavy (non-hydrogen) atoms. The Kier molecular flexibility index (Phi) is 9.01. The first-order chi connectivity index (χ1) is 13.3. The smallest absolute Gasteiger partial charge is 0.357 e. The Hall–Kier alpha value is -1.35. The van der Waals surface area contributed by atoms with Gasteiger partial charge in [0.15, 0.2) is 5.96 Å². The Morgan fingerprint density at radius 2 is 2.04 bits per heavy atom. The highest BCUT2D eigenvalue weighted by Gasteiger charge is 2.32. The van der Waals surface area contributed by atoms with E-state index < -0.39 is 12.7 Å². The Morgan fingerprint density at radius 3 is 2.61 bits per heavy atom. The van der Waals surface area contributed by atoms with Gasteiger partial charge in [-0.15, -0.1) is 11.3 Å². The number of thiazole rings is 1. The fourth-order valence-electron chi connectivity index (χ4n) is 3.23. The number of nitrogens with one attached hydrogen (secondary N) is 2. The third-order valence-corrected chi connectivity index (χ3v) is 5.68. The van der Waals surface area contributed by atoms with E-state index in [4.69, 9.17) is 0 Å². The van der Waals surface area contributed by atoms with Crippen LogP contribution in [0.1, 0.15) is 56.7 Å². The van der Waals surface area contributed by atoms with Gasteiger partial charge in [0.05, 0.1) is 18.8 Å². The average Bonchev–Trinajstić information content (AvgIpc) is 3.09. The zero-order valence-corrected chi connectivity index (χ0v) is 17.8. The molecule has 1 aromatic heterocycles. The van der Waals surface area contributed by atoms with Crippen LogP contribution in [0.2, 0.25) is 0 Å². The van der Waals surface area contributed by atoms with Gasteiger partial charge in [-0.3, -0.25) is 4.90 Å². The minimum absolute atomic E-state index is 0.419. The summed E-state index contributed by atoms with van der Waals surface area (Å²) in [4.78, 5) is 10.7. The second-order valence-corrected chi connectivity index (χ2v) is 8.51. The quantitative estimate of drug-likeness (QED) is 0.494. The van der Waals surface area contributed by atoms with Gasteiger partial charge in [0.25, 0.3) is 0 Å². The van der Waals surface area contributed by atoms with Crippen molar-refractivity contribution >= 4 is 17.3 Å². The van der Waals surface area contributed by atoms with E-state index in [1.165, 1.54) is 4.90 Å². The van der Waals surface area contributed by atoms with Crippen molar-refractivity contribution in [2.45, 2.75) is 58.7 Å². The monoisotopic (exact) mass is 419 g/mol. The van der Waals surface area contributed by atoms with Gasteiger partial charge in [0.2, 0.25) is 0 Å². The number of aromatic nitrogens is 1. The first kappa shape index (κ1) is 22.9. The summed E-state index contributed by atoms with van der Waals surface area (Å²) in [6, 6.07) is 0. The topological polar surface area (TPSA) is 52.6 Å². The Bertz CT molecular complexity index is 607. The summed E-state index contributed by atoms with van der Waals surface area (Å²) in [7, 11) is 0. The van der Waals surface area contributed by atoms with Crippen LogP contribution in [0.5, 0.6) is 0 Å². The Labute approximate surface area is 169 Å². The van der Waals surface area contributed by atoms with Crippen LogP contribution in [0.15, 0.2) is 10.4 Å². The van der Waals surface area contributed by atoms with Crippen molar-refractivity contribution in [3.8, 4) is 0 Å². The molecule has 9 heteroatoms. The van der Waals surface area contributed by atoms with Crippen molar-refractivity contribution in [3.05, 3.63) is 16.1 Å². The van der Waals surface area contributed by atoms with Crippen LogP contribution in [-0.2, 0) is 6.54 Å². The lowest BCUT2D eigenvalue weighted by Crippen LogP contribution is -2.41. The predicted molar refractivity (Wildman–Crippen MR) is 109 cm³/mol. The molecule has 0 aliphatic carbocycles. The SMILES string of the molecule is CCNC(=NCc1nc(C(C)C)cs1)NCCC1CCN(CC(F)(F)F)CC1. The number of likely N-dealkylation sites (tertiary alicyclic amines) is 1. The summed E-state index contributed by atoms with van der Waals surface area (Å²) < 4.78 is 37.4. The minimum atomic E-state index is -4.10. The summed E-state index contributed by atoms with van der Waals surface area (Å²) in [5.74, 6) is 1.65. The molecule has 1 aliphatic rings. The van der Waals surface area contributed by atoms with E-state index in [1.807, 2.05) is 6.92 Å². The van der Waals surface area contributed by atoms with E-state index in [-0.39, 0.29) is 0 Å². The van der Waals surface area contributed by atoms with Crippen molar-refractivity contribution in [1.29, 1.82) is 0 Å². The molecule has 0 atom stereocenters. The third-order valence-electron chi connectivity index (χ3n) is 4.83. The van der Waals surface area contributed by atoms with Crippen LogP contribution in [0.3, 0.4) is 0 Å². The standard InChI is InChI=1S/C19H32F3N5S/c1-4-23-18(25-11-17-26-16(12-28-17)14(2)3)24-8-5-15-6-9-27(10-7-15)13-19(20,21)22/h12,14-15H,4-11,13H2,1-3H3,(H2,23,24,25). The molecular formula is C19H32F3N5S. The summed E-state index contributed by atoms with van der Waals surface area (Å²) in [6.45, 7) is 8.63. The lowest BCUT2D eigenvalue weighted by Gasteiger charge is -2.32. The fourth-order valence-corrected chi connectivity index (χ4v) is 4.11. The minimum Gasteiger partial charge on any atom is -0.357 e. The number of aliphatic imine (C=N–C) groups is 1. The largest absolute Gasteiger partial charge is 0.401 e. The van der Waals surface area contributed by atoms with Crippen LogP contribution in [-0.4, -0.2) is 54.7 Å². The average molecular weight is 420 g/mol. The number of piperidine rings is 1. The highest BCUT2D eigenvalue weighted by Crippen LogP contribution is 2.24. The van der Waals surface area contributed by atoms with E-state index >= 15 is 0 Å². The molecule has 5 nitrogen and oxygen atoms in total. The van der Waals surface area contributed by atoms with Crippen molar-refractivity contribution in [2.24, 2.45) is 10.9 Å². The molecule has 0 radical (unpaired) electrons. The van der Waals surface area contributed by atoms with E-state index in [0.717, 1.165) is 49.0 Å². The first-order valence-electron chi connectivity index (χ1n) is 10.0. The maximum atomic E-state index is 12.5. The Balaban J connectivity index is 1.72. The van der Waals surface area contributed by atoms with Crippen molar-refractivity contribution in [2.75, 3.05) is 32.7 Å². The van der Waals surface area contributed by atoms with Gasteiger partial charge < -0.3 is 10.6 Å². The molecule has 1 saturated heterocycles. The first-order valence-corrected chi connectivity index (χ1v) is 10.9. The highest BCUT2D eigenvalue weighted by molar-refractivity contribution is 7.09. The predicted octanol–water partition coefficient (Wildman–Crippen LogP) is 3.99. The van der Waals surface area contributed by atoms with Crippen LogP contribution in [0.25, 0.3) is 0 Å². The number of rotatable bonds is 8. The summed E-state index contributed by atoms with van der Waals surface area (Å²) in [5.41, 5.74) is 1.10. The number of nitrogens with zero attached hydrogens (tertiary/aromatic N) is 3. The number of hydrogen-bond donors (Lipinski definition) is 2. The molecule has 1 aromatic rings. The summed E-state index contributed by atoms with van der Waals surface area (Å²) in [6.07, 6.45) is -1.51. The molecule has 2 rings (SSSR count). The maximum Gasteiger partial charge on any atom is 0.401 e. The van der Waals surface area contributed by atoms with Crippen LogP contribution >= 0.6 is 11.3 Å². The van der Waals surface area contributed by atoms with Crippen molar-refractivity contribution in [1.82, 2.24) is 20.5 Å². The van der Waals surface area contributed by atoms with Crippen LogP contribution < -0.4 is 10.6 Å². The zero-order chi connectivity index (χ0) is 20.6. The van der Waals surface area contributed by atoms with E-state index in [0.29, 0.717) is 31.5 Å². The molecule has 2 heterocycles. The van der Waals surface area contributed by atoms with Gasteiger partial charge in [-0.25, -0.2) is 9.98 Å². The van der Waals surface area contributed by atoms with Gasteiger partial charge in [-0.05, 0) is 51.1 Å². The van der Waals surface area contributed by atoms with E-state index in [2.05, 4.69) is 39.8 Å². The third kappa shape index (κ3) is 8.34. The second kappa shape index (κ2) is 11.0. The molecule has 0 amide bonds. The molecule has 0 aromatic carbocycles. The van der Waals surface area contributed by atoms with Gasteiger partial charge in [0.1, 0.15) is 5.01 Å². The summed E-state index contributed by atoms with van der Waals surface area (Å²) >= 11 is 1.63. The van der Waals surface area contributed by atoms with Gasteiger partial charge in [-0.2, -0.15) is 13.2 Å². The normalized spacial score (nSPS) is 17.3. The molecule has 1 fully saturated rings. The summed E-state index contributed by atoms with van der Waals surface area (Å²) in [5, 5.41) is 9.66. The van der Waals surface area contributed by atoms with Gasteiger partial charge >= 0.3 is 6.18 Å². The second-order valence-electron chi connectivity index (χ2n) is 7.57. The number of alkyl halides is 3. The maximum absolute atomic E-state index is 12.5. The van der Waals surface area contributed by atoms with Crippen LogP contribution in [0, 0.1) is 5.92 Å². The zero-order valence-electron chi connectivity index (χ0n) is 17.0. The fraction of sp³-hybridized carbons (Fsp3) is 0.789. The molecular weight excluding hydrogens is 387 g/mol. The molecule has 0 unspecified atom stereocenters. The molecule has 0 spiro atoms. The number of hydrogen-bond acceptors (Lipinski definition) is 4. The lowest BCUT2D eigenvalue weighted by molar-refractivity contribution is -0.148.